The van der Waals surface area contributed by atoms with Gasteiger partial charge in [-0.25, -0.2) is 9.79 Å². The fourth-order valence-electron chi connectivity index (χ4n) is 3.42. The van der Waals surface area contributed by atoms with Crippen LogP contribution in [0.1, 0.15) is 30.5 Å². The highest BCUT2D eigenvalue weighted by Gasteiger charge is 2.41. The Morgan fingerprint density at radius 2 is 1.93 bits per heavy atom. The van der Waals surface area contributed by atoms with Gasteiger partial charge in [-0.1, -0.05) is 65.8 Å². The number of carbonyl (C=O) groups is 2. The molecule has 2 aliphatic heterocycles. The van der Waals surface area contributed by atoms with Crippen molar-refractivity contribution in [3.05, 3.63) is 82.0 Å². The van der Waals surface area contributed by atoms with Crippen molar-refractivity contribution in [2.24, 2.45) is 4.99 Å². The quantitative estimate of drug-likeness (QED) is 0.663. The van der Waals surface area contributed by atoms with Crippen LogP contribution in [-0.2, 0) is 20.9 Å². The third-order valence-electron chi connectivity index (χ3n) is 4.83. The third kappa shape index (κ3) is 4.09. The van der Waals surface area contributed by atoms with E-state index in [2.05, 4.69) is 4.99 Å². The molecule has 1 fully saturated rings. The molecule has 0 radical (unpaired) electrons. The number of halogens is 1. The first-order valence-electron chi connectivity index (χ1n) is 9.25. The summed E-state index contributed by atoms with van der Waals surface area (Å²) in [6.45, 7) is 1.94. The standard InChI is InChI=1S/C22H19ClN2O3S/c1-14-19(21(27)28-13-15-5-3-2-4-6-15)20(16-7-9-17(23)10-8-16)25-18(26)11-12-29-22(25)24-14/h2-10,20H,11-13H2,1H3. The molecule has 5 nitrogen and oxygen atoms in total. The van der Waals surface area contributed by atoms with Crippen LogP contribution in [0.3, 0.4) is 0 Å². The van der Waals surface area contributed by atoms with E-state index in [0.717, 1.165) is 11.1 Å². The Morgan fingerprint density at radius 3 is 2.66 bits per heavy atom. The van der Waals surface area contributed by atoms with E-state index in [1.54, 1.807) is 24.0 Å². The Labute approximate surface area is 178 Å². The highest BCUT2D eigenvalue weighted by atomic mass is 35.5. The van der Waals surface area contributed by atoms with Gasteiger partial charge in [-0.3, -0.25) is 9.69 Å². The van der Waals surface area contributed by atoms with E-state index in [9.17, 15) is 9.59 Å². The van der Waals surface area contributed by atoms with E-state index >= 15 is 0 Å². The average molecular weight is 427 g/mol. The molecule has 0 bridgehead atoms. The zero-order valence-corrected chi connectivity index (χ0v) is 17.4. The molecule has 1 atom stereocenters. The topological polar surface area (TPSA) is 59.0 Å². The summed E-state index contributed by atoms with van der Waals surface area (Å²) < 4.78 is 5.59. The van der Waals surface area contributed by atoms with Crippen LogP contribution in [-0.4, -0.2) is 27.7 Å². The van der Waals surface area contributed by atoms with Crippen molar-refractivity contribution in [2.75, 3.05) is 5.75 Å². The molecule has 2 aromatic rings. The second-order valence-electron chi connectivity index (χ2n) is 6.77. The molecule has 7 heteroatoms. The average Bonchev–Trinajstić information content (AvgIpc) is 2.72. The zero-order chi connectivity index (χ0) is 20.4. The van der Waals surface area contributed by atoms with Crippen molar-refractivity contribution in [1.82, 2.24) is 4.90 Å². The Balaban J connectivity index is 1.71. The molecular weight excluding hydrogens is 408 g/mol. The van der Waals surface area contributed by atoms with Gasteiger partial charge < -0.3 is 4.74 Å². The fourth-order valence-corrected chi connectivity index (χ4v) is 4.55. The summed E-state index contributed by atoms with van der Waals surface area (Å²) in [4.78, 5) is 32.0. The SMILES string of the molecule is CC1=C(C(=O)OCc2ccccc2)C(c2ccc(Cl)cc2)N2C(=O)CCSC2=N1. The Bertz CT molecular complexity index is 1000. The summed E-state index contributed by atoms with van der Waals surface area (Å²) in [5.41, 5.74) is 2.63. The van der Waals surface area contributed by atoms with Crippen LogP contribution < -0.4 is 0 Å². The summed E-state index contributed by atoms with van der Waals surface area (Å²) >= 11 is 7.57. The lowest BCUT2D eigenvalue weighted by atomic mass is 9.94. The lowest BCUT2D eigenvalue weighted by molar-refractivity contribution is -0.141. The Kier molecular flexibility index (Phi) is 5.74. The number of hydrogen-bond donors (Lipinski definition) is 0. The minimum Gasteiger partial charge on any atom is -0.457 e. The van der Waals surface area contributed by atoms with Crippen LogP contribution >= 0.6 is 23.4 Å². The zero-order valence-electron chi connectivity index (χ0n) is 15.8. The van der Waals surface area contributed by atoms with Crippen molar-refractivity contribution in [1.29, 1.82) is 0 Å². The van der Waals surface area contributed by atoms with Crippen molar-refractivity contribution >= 4 is 40.4 Å². The summed E-state index contributed by atoms with van der Waals surface area (Å²) in [6, 6.07) is 16.1. The maximum atomic E-state index is 13.1. The number of rotatable bonds is 4. The molecule has 1 unspecified atom stereocenters. The van der Waals surface area contributed by atoms with Crippen LogP contribution in [0.25, 0.3) is 0 Å². The third-order valence-corrected chi connectivity index (χ3v) is 6.03. The van der Waals surface area contributed by atoms with E-state index in [1.807, 2.05) is 42.5 Å². The van der Waals surface area contributed by atoms with Gasteiger partial charge in [0.1, 0.15) is 6.61 Å². The number of carbonyl (C=O) groups excluding carboxylic acids is 2. The second-order valence-corrected chi connectivity index (χ2v) is 8.27. The van der Waals surface area contributed by atoms with E-state index in [0.29, 0.717) is 33.6 Å². The molecule has 2 heterocycles. The van der Waals surface area contributed by atoms with Gasteiger partial charge in [0.15, 0.2) is 5.17 Å². The summed E-state index contributed by atoms with van der Waals surface area (Å²) in [5.74, 6) is 0.156. The number of ether oxygens (including phenoxy) is 1. The molecule has 148 valence electrons. The van der Waals surface area contributed by atoms with Gasteiger partial charge in [0.25, 0.3) is 0 Å². The molecule has 1 saturated heterocycles. The molecule has 1 amide bonds. The lowest BCUT2D eigenvalue weighted by Crippen LogP contribution is -2.45. The molecular formula is C22H19ClN2O3S. The number of nitrogens with zero attached hydrogens (tertiary/aromatic N) is 2. The van der Waals surface area contributed by atoms with Gasteiger partial charge in [0, 0.05) is 17.2 Å². The molecule has 2 aromatic carbocycles. The summed E-state index contributed by atoms with van der Waals surface area (Å²) in [7, 11) is 0. The number of benzene rings is 2. The number of allylic oxidation sites excluding steroid dienone is 1. The first-order chi connectivity index (χ1) is 14.0. The maximum Gasteiger partial charge on any atom is 0.338 e. The van der Waals surface area contributed by atoms with Crippen molar-refractivity contribution in [2.45, 2.75) is 26.0 Å². The minimum atomic E-state index is -0.580. The van der Waals surface area contributed by atoms with Crippen molar-refractivity contribution < 1.29 is 14.3 Å². The van der Waals surface area contributed by atoms with Crippen LogP contribution in [0.2, 0.25) is 5.02 Å². The molecule has 29 heavy (non-hydrogen) atoms. The summed E-state index contributed by atoms with van der Waals surface area (Å²) in [5, 5.41) is 1.21. The van der Waals surface area contributed by atoms with Crippen LogP contribution in [0, 0.1) is 0 Å². The van der Waals surface area contributed by atoms with E-state index in [4.69, 9.17) is 16.3 Å². The number of aliphatic imine (C=N–C) groups is 1. The van der Waals surface area contributed by atoms with E-state index < -0.39 is 12.0 Å². The number of amides is 1. The molecule has 0 saturated carbocycles. The smallest absolute Gasteiger partial charge is 0.338 e. The van der Waals surface area contributed by atoms with Gasteiger partial charge in [-0.05, 0) is 30.2 Å². The Morgan fingerprint density at radius 1 is 1.21 bits per heavy atom. The van der Waals surface area contributed by atoms with Gasteiger partial charge >= 0.3 is 5.97 Å². The molecule has 0 aliphatic carbocycles. The normalized spacial score (nSPS) is 19.0. The minimum absolute atomic E-state index is 0.0525. The summed E-state index contributed by atoms with van der Waals surface area (Å²) in [6.07, 6.45) is 0.402. The van der Waals surface area contributed by atoms with Gasteiger partial charge in [-0.15, -0.1) is 0 Å². The number of esters is 1. The maximum absolute atomic E-state index is 13.1. The van der Waals surface area contributed by atoms with Gasteiger partial charge in [0.2, 0.25) is 5.91 Å². The predicted octanol–water partition coefficient (Wildman–Crippen LogP) is 4.73. The molecule has 0 aromatic heterocycles. The van der Waals surface area contributed by atoms with Gasteiger partial charge in [-0.2, -0.15) is 0 Å². The Hall–Kier alpha value is -2.57. The number of hydrogen-bond acceptors (Lipinski definition) is 5. The van der Waals surface area contributed by atoms with E-state index in [1.165, 1.54) is 11.8 Å². The van der Waals surface area contributed by atoms with Crippen LogP contribution in [0.15, 0.2) is 70.9 Å². The van der Waals surface area contributed by atoms with Crippen molar-refractivity contribution in [3.63, 3.8) is 0 Å². The molecule has 2 aliphatic rings. The first-order valence-corrected chi connectivity index (χ1v) is 10.6. The first kappa shape index (κ1) is 19.7. The molecule has 0 spiro atoms. The predicted molar refractivity (Wildman–Crippen MR) is 114 cm³/mol. The molecule has 4 rings (SSSR count). The number of fused-ring (bicyclic) bond motifs is 1. The second kappa shape index (κ2) is 8.43. The molecule has 0 N–H and O–H groups in total. The lowest BCUT2D eigenvalue weighted by Gasteiger charge is -2.38. The monoisotopic (exact) mass is 426 g/mol. The fraction of sp³-hybridized carbons (Fsp3) is 0.227. The number of thioether (sulfide) groups is 1. The largest absolute Gasteiger partial charge is 0.457 e. The van der Waals surface area contributed by atoms with Gasteiger partial charge in [0.05, 0.1) is 17.3 Å². The van der Waals surface area contributed by atoms with Crippen LogP contribution in [0.5, 0.6) is 0 Å². The highest BCUT2D eigenvalue weighted by molar-refractivity contribution is 8.14. The van der Waals surface area contributed by atoms with Crippen molar-refractivity contribution in [3.8, 4) is 0 Å². The van der Waals surface area contributed by atoms with Crippen LogP contribution in [0.4, 0.5) is 0 Å². The number of amidine groups is 1. The highest BCUT2D eigenvalue weighted by Crippen LogP contribution is 2.40. The van der Waals surface area contributed by atoms with E-state index in [-0.39, 0.29) is 12.5 Å².